The number of likely N-dealkylation sites (tertiary alicyclic amines) is 1. The minimum absolute atomic E-state index is 0.0927. The summed E-state index contributed by atoms with van der Waals surface area (Å²) in [5, 5.41) is 21.7. The number of carboxylic acids is 2. The van der Waals surface area contributed by atoms with Crippen LogP contribution in [-0.4, -0.2) is 80.0 Å². The summed E-state index contributed by atoms with van der Waals surface area (Å²) in [5.41, 5.74) is 2.81. The lowest BCUT2D eigenvalue weighted by molar-refractivity contribution is -0.193. The molecule has 0 atom stereocenters. The molecule has 1 amide bonds. The number of aryl methyl sites for hydroxylation is 1. The molecule has 4 heterocycles. The summed E-state index contributed by atoms with van der Waals surface area (Å²) < 4.78 is 69.1. The van der Waals surface area contributed by atoms with E-state index in [1.807, 2.05) is 24.0 Å². The van der Waals surface area contributed by atoms with Crippen LogP contribution < -0.4 is 0 Å². The number of halogens is 6. The average molecular weight is 542 g/mol. The number of alkyl halides is 6. The van der Waals surface area contributed by atoms with Crippen LogP contribution in [0.4, 0.5) is 26.3 Å². The van der Waals surface area contributed by atoms with Gasteiger partial charge in [-0.05, 0) is 38.3 Å². The van der Waals surface area contributed by atoms with Crippen molar-refractivity contribution >= 4 is 17.8 Å². The van der Waals surface area contributed by atoms with Crippen molar-refractivity contribution in [3.05, 3.63) is 40.6 Å². The van der Waals surface area contributed by atoms with Crippen molar-refractivity contribution in [2.75, 3.05) is 19.6 Å². The molecule has 0 radical (unpaired) electrons. The molecular weight excluding hydrogens is 518 g/mol. The van der Waals surface area contributed by atoms with E-state index >= 15 is 0 Å². The minimum atomic E-state index is -5.08. The first-order valence-electron chi connectivity index (χ1n) is 10.8. The largest absolute Gasteiger partial charge is 0.490 e. The number of carbonyl (C=O) groups is 3. The number of nitrogens with one attached hydrogen (secondary N) is 1. The summed E-state index contributed by atoms with van der Waals surface area (Å²) in [4.78, 5) is 34.6. The Morgan fingerprint density at radius 3 is 2.00 bits per heavy atom. The van der Waals surface area contributed by atoms with Gasteiger partial charge < -0.3 is 19.5 Å². The van der Waals surface area contributed by atoms with Crippen LogP contribution in [0.2, 0.25) is 0 Å². The molecule has 37 heavy (non-hydrogen) atoms. The van der Waals surface area contributed by atoms with Crippen molar-refractivity contribution in [2.45, 2.75) is 51.6 Å². The molecule has 206 valence electrons. The van der Waals surface area contributed by atoms with Crippen molar-refractivity contribution in [1.29, 1.82) is 0 Å². The molecule has 0 bridgehead atoms. The fraction of sp³-hybridized carbons (Fsp3) is 0.524. The molecule has 0 saturated carbocycles. The standard InChI is InChI=1S/C17H22N4O2.2C2HF3O2/c1-12-4-5-13(23-12)10-20-9-6-14-15(11-20)18-19-16(14)17(22)21-7-2-3-8-21;2*3-2(4,5)1(6)7/h4-5H,2-3,6-11H2,1H3,(H,18,19);2*(H,6,7). The van der Waals surface area contributed by atoms with Gasteiger partial charge in [-0.2, -0.15) is 31.4 Å². The van der Waals surface area contributed by atoms with E-state index in [0.717, 1.165) is 74.8 Å². The normalized spacial score (nSPS) is 15.7. The van der Waals surface area contributed by atoms with Crippen LogP contribution in [0, 0.1) is 6.92 Å². The number of amides is 1. The molecule has 2 aliphatic heterocycles. The Morgan fingerprint density at radius 2 is 1.54 bits per heavy atom. The predicted molar refractivity (Wildman–Crippen MR) is 112 cm³/mol. The minimum Gasteiger partial charge on any atom is -0.475 e. The number of furan rings is 1. The average Bonchev–Trinajstić information content (AvgIpc) is 3.54. The summed E-state index contributed by atoms with van der Waals surface area (Å²) in [7, 11) is 0. The monoisotopic (exact) mass is 542 g/mol. The van der Waals surface area contributed by atoms with Crippen molar-refractivity contribution in [2.24, 2.45) is 0 Å². The predicted octanol–water partition coefficient (Wildman–Crippen LogP) is 3.37. The lowest BCUT2D eigenvalue weighted by Crippen LogP contribution is -2.32. The van der Waals surface area contributed by atoms with Crippen LogP contribution in [0.25, 0.3) is 0 Å². The molecule has 16 heteroatoms. The second-order valence-corrected chi connectivity index (χ2v) is 8.11. The zero-order valence-electron chi connectivity index (χ0n) is 19.4. The van der Waals surface area contributed by atoms with E-state index in [0.29, 0.717) is 5.69 Å². The Kier molecular flexibility index (Phi) is 9.72. The van der Waals surface area contributed by atoms with E-state index in [9.17, 15) is 31.1 Å². The molecule has 10 nitrogen and oxygen atoms in total. The number of aromatic amines is 1. The van der Waals surface area contributed by atoms with Gasteiger partial charge in [0.15, 0.2) is 5.69 Å². The molecule has 2 aliphatic rings. The molecule has 0 spiro atoms. The molecule has 2 aromatic heterocycles. The van der Waals surface area contributed by atoms with Crippen molar-refractivity contribution < 1.29 is 55.4 Å². The van der Waals surface area contributed by atoms with Crippen LogP contribution in [0.5, 0.6) is 0 Å². The Morgan fingerprint density at radius 1 is 1.00 bits per heavy atom. The number of hydrogen-bond donors (Lipinski definition) is 3. The summed E-state index contributed by atoms with van der Waals surface area (Å²) >= 11 is 0. The van der Waals surface area contributed by atoms with Crippen LogP contribution >= 0.6 is 0 Å². The highest BCUT2D eigenvalue weighted by Gasteiger charge is 2.39. The number of carbonyl (C=O) groups excluding carboxylic acids is 1. The Bertz CT molecular complexity index is 1060. The molecule has 3 N–H and O–H groups in total. The second kappa shape index (κ2) is 12.1. The number of fused-ring (bicyclic) bond motifs is 1. The summed E-state index contributed by atoms with van der Waals surface area (Å²) in [6, 6.07) is 4.02. The Labute approximate surface area is 205 Å². The first-order valence-corrected chi connectivity index (χ1v) is 10.8. The number of carboxylic acid groups (broad SMARTS) is 2. The number of aromatic nitrogens is 2. The SMILES string of the molecule is Cc1ccc(CN2CCc3c(C(=O)N4CCCC4)n[nH]c3C2)o1.O=C(O)C(F)(F)F.O=C(O)C(F)(F)F. The van der Waals surface area contributed by atoms with Crippen molar-refractivity contribution in [1.82, 2.24) is 20.0 Å². The maximum absolute atomic E-state index is 12.6. The van der Waals surface area contributed by atoms with E-state index in [2.05, 4.69) is 15.1 Å². The molecule has 0 aromatic carbocycles. The van der Waals surface area contributed by atoms with Gasteiger partial charge in [0.05, 0.1) is 12.2 Å². The van der Waals surface area contributed by atoms with E-state index in [-0.39, 0.29) is 5.91 Å². The fourth-order valence-corrected chi connectivity index (χ4v) is 3.55. The number of aliphatic carboxylic acids is 2. The van der Waals surface area contributed by atoms with Gasteiger partial charge in [-0.15, -0.1) is 0 Å². The highest BCUT2D eigenvalue weighted by Crippen LogP contribution is 2.24. The quantitative estimate of drug-likeness (QED) is 0.502. The molecule has 0 unspecified atom stereocenters. The highest BCUT2D eigenvalue weighted by molar-refractivity contribution is 5.94. The third-order valence-electron chi connectivity index (χ3n) is 5.27. The van der Waals surface area contributed by atoms with Gasteiger partial charge >= 0.3 is 24.3 Å². The van der Waals surface area contributed by atoms with Crippen LogP contribution in [0.15, 0.2) is 16.5 Å². The lowest BCUT2D eigenvalue weighted by Gasteiger charge is -2.26. The van der Waals surface area contributed by atoms with Gasteiger partial charge in [0.2, 0.25) is 0 Å². The van der Waals surface area contributed by atoms with Gasteiger partial charge in [-0.1, -0.05) is 0 Å². The van der Waals surface area contributed by atoms with Crippen LogP contribution in [-0.2, 0) is 29.1 Å². The maximum Gasteiger partial charge on any atom is 0.490 e. The van der Waals surface area contributed by atoms with Crippen molar-refractivity contribution in [3.8, 4) is 0 Å². The van der Waals surface area contributed by atoms with Crippen molar-refractivity contribution in [3.63, 3.8) is 0 Å². The third-order valence-corrected chi connectivity index (χ3v) is 5.27. The second-order valence-electron chi connectivity index (χ2n) is 8.11. The summed E-state index contributed by atoms with van der Waals surface area (Å²) in [6.45, 7) is 6.20. The van der Waals surface area contributed by atoms with Gasteiger partial charge in [0.25, 0.3) is 5.91 Å². The van der Waals surface area contributed by atoms with Gasteiger partial charge in [-0.25, -0.2) is 9.59 Å². The van der Waals surface area contributed by atoms with Gasteiger partial charge in [0.1, 0.15) is 11.5 Å². The molecule has 2 aromatic rings. The van der Waals surface area contributed by atoms with Crippen LogP contribution in [0.3, 0.4) is 0 Å². The van der Waals surface area contributed by atoms with E-state index in [4.69, 9.17) is 24.2 Å². The summed E-state index contributed by atoms with van der Waals surface area (Å²) in [6.07, 6.45) is -7.09. The Balaban J connectivity index is 0.000000286. The first-order chi connectivity index (χ1) is 17.1. The lowest BCUT2D eigenvalue weighted by atomic mass is 10.0. The number of rotatable bonds is 3. The number of hydrogen-bond acceptors (Lipinski definition) is 6. The van der Waals surface area contributed by atoms with Crippen LogP contribution in [0.1, 0.15) is 46.1 Å². The highest BCUT2D eigenvalue weighted by atomic mass is 19.4. The van der Waals surface area contributed by atoms with E-state index < -0.39 is 24.3 Å². The number of H-pyrrole nitrogens is 1. The van der Waals surface area contributed by atoms with E-state index in [1.54, 1.807) is 0 Å². The molecular formula is C21H24F6N4O6. The van der Waals surface area contributed by atoms with Gasteiger partial charge in [0, 0.05) is 31.7 Å². The third kappa shape index (κ3) is 8.80. The smallest absolute Gasteiger partial charge is 0.475 e. The first kappa shape index (κ1) is 29.7. The zero-order chi connectivity index (χ0) is 28.0. The molecule has 1 fully saturated rings. The topological polar surface area (TPSA) is 140 Å². The maximum atomic E-state index is 12.6. The number of nitrogens with zero attached hydrogens (tertiary/aromatic N) is 3. The van der Waals surface area contributed by atoms with Gasteiger partial charge in [-0.3, -0.25) is 14.8 Å². The summed E-state index contributed by atoms with van der Waals surface area (Å²) in [5.74, 6) is -3.49. The molecule has 0 aliphatic carbocycles. The van der Waals surface area contributed by atoms with E-state index in [1.165, 1.54) is 0 Å². The Hall–Kier alpha value is -3.56. The molecule has 1 saturated heterocycles. The fourth-order valence-electron chi connectivity index (χ4n) is 3.55. The zero-order valence-corrected chi connectivity index (χ0v) is 19.4. The molecule has 4 rings (SSSR count).